The molecule has 0 aliphatic carbocycles. The van der Waals surface area contributed by atoms with Crippen molar-refractivity contribution >= 4 is 27.5 Å². The third kappa shape index (κ3) is 2.42. The Kier molecular flexibility index (Phi) is 3.47. The molecule has 0 saturated carbocycles. The van der Waals surface area contributed by atoms with Gasteiger partial charge in [-0.05, 0) is 52.3 Å². The molecule has 1 amide bonds. The number of halogens is 2. The van der Waals surface area contributed by atoms with E-state index < -0.39 is 0 Å². The Bertz CT molecular complexity index is 827. The van der Waals surface area contributed by atoms with E-state index in [1.807, 2.05) is 12.1 Å². The summed E-state index contributed by atoms with van der Waals surface area (Å²) in [6.07, 6.45) is 1.78. The number of nitrogens with zero attached hydrogens (tertiary/aromatic N) is 2. The second kappa shape index (κ2) is 5.29. The van der Waals surface area contributed by atoms with Gasteiger partial charge in [-0.1, -0.05) is 0 Å². The molecule has 0 aliphatic heterocycles. The summed E-state index contributed by atoms with van der Waals surface area (Å²) in [6.45, 7) is 0. The SMILES string of the molecule is CNC(=O)c1c(-c2ccc(F)cc2)nc2ccc(Br)cn12. The van der Waals surface area contributed by atoms with E-state index in [2.05, 4.69) is 26.2 Å². The number of hydrogen-bond donors (Lipinski definition) is 1. The zero-order chi connectivity index (χ0) is 15.0. The standard InChI is InChI=1S/C15H11BrFN3O/c1-18-15(21)14-13(9-2-5-11(17)6-3-9)19-12-7-4-10(16)8-20(12)14/h2-8H,1H3,(H,18,21). The molecule has 106 valence electrons. The number of rotatable bonds is 2. The van der Waals surface area contributed by atoms with Gasteiger partial charge in [0.05, 0.1) is 0 Å². The van der Waals surface area contributed by atoms with Crippen molar-refractivity contribution in [1.29, 1.82) is 0 Å². The van der Waals surface area contributed by atoms with Crippen molar-refractivity contribution in [3.8, 4) is 11.3 Å². The van der Waals surface area contributed by atoms with E-state index in [4.69, 9.17) is 0 Å². The number of pyridine rings is 1. The molecular formula is C15H11BrFN3O. The lowest BCUT2D eigenvalue weighted by Gasteiger charge is -2.04. The second-order valence-corrected chi connectivity index (χ2v) is 5.39. The molecule has 1 N–H and O–H groups in total. The molecule has 0 atom stereocenters. The highest BCUT2D eigenvalue weighted by atomic mass is 79.9. The molecular weight excluding hydrogens is 337 g/mol. The maximum Gasteiger partial charge on any atom is 0.270 e. The Morgan fingerprint density at radius 2 is 1.95 bits per heavy atom. The Balaban J connectivity index is 2.30. The molecule has 0 unspecified atom stereocenters. The number of carbonyl (C=O) groups is 1. The molecule has 3 aromatic rings. The van der Waals surface area contributed by atoms with Crippen LogP contribution in [-0.4, -0.2) is 22.3 Å². The minimum Gasteiger partial charge on any atom is -0.354 e. The molecule has 0 saturated heterocycles. The lowest BCUT2D eigenvalue weighted by molar-refractivity contribution is 0.0958. The zero-order valence-corrected chi connectivity index (χ0v) is 12.7. The van der Waals surface area contributed by atoms with Crippen LogP contribution in [0.1, 0.15) is 10.5 Å². The average Bonchev–Trinajstić information content (AvgIpc) is 2.85. The summed E-state index contributed by atoms with van der Waals surface area (Å²) in [5.41, 5.74) is 2.28. The fourth-order valence-corrected chi connectivity index (χ4v) is 2.50. The van der Waals surface area contributed by atoms with Gasteiger partial charge < -0.3 is 5.32 Å². The zero-order valence-electron chi connectivity index (χ0n) is 11.1. The lowest BCUT2D eigenvalue weighted by atomic mass is 10.1. The first kappa shape index (κ1) is 13.8. The van der Waals surface area contributed by atoms with Gasteiger partial charge in [-0.25, -0.2) is 9.37 Å². The minimum atomic E-state index is -0.327. The van der Waals surface area contributed by atoms with Crippen LogP contribution in [0.3, 0.4) is 0 Å². The number of hydrogen-bond acceptors (Lipinski definition) is 2. The van der Waals surface area contributed by atoms with Gasteiger partial charge in [0, 0.05) is 23.3 Å². The summed E-state index contributed by atoms with van der Waals surface area (Å²) in [5, 5.41) is 2.61. The minimum absolute atomic E-state index is 0.250. The van der Waals surface area contributed by atoms with E-state index >= 15 is 0 Å². The monoisotopic (exact) mass is 347 g/mol. The number of carbonyl (C=O) groups excluding carboxylic acids is 1. The van der Waals surface area contributed by atoms with Crippen molar-refractivity contribution in [3.63, 3.8) is 0 Å². The molecule has 6 heteroatoms. The molecule has 2 aromatic heterocycles. The maximum atomic E-state index is 13.1. The van der Waals surface area contributed by atoms with Crippen LogP contribution < -0.4 is 5.32 Å². The summed E-state index contributed by atoms with van der Waals surface area (Å²) in [6, 6.07) is 9.58. The van der Waals surface area contributed by atoms with Gasteiger partial charge in [0.15, 0.2) is 0 Å². The number of nitrogens with one attached hydrogen (secondary N) is 1. The Labute approximate surface area is 128 Å². The molecule has 21 heavy (non-hydrogen) atoms. The molecule has 4 nitrogen and oxygen atoms in total. The van der Waals surface area contributed by atoms with Crippen molar-refractivity contribution in [3.05, 3.63) is 58.6 Å². The van der Waals surface area contributed by atoms with Crippen LogP contribution in [0.5, 0.6) is 0 Å². The molecule has 0 spiro atoms. The Morgan fingerprint density at radius 3 is 2.62 bits per heavy atom. The number of fused-ring (bicyclic) bond motifs is 1. The molecule has 3 rings (SSSR count). The van der Waals surface area contributed by atoms with Gasteiger partial charge >= 0.3 is 0 Å². The maximum absolute atomic E-state index is 13.1. The summed E-state index contributed by atoms with van der Waals surface area (Å²) < 4.78 is 15.6. The summed E-state index contributed by atoms with van der Waals surface area (Å²) >= 11 is 3.38. The number of benzene rings is 1. The van der Waals surface area contributed by atoms with Crippen molar-refractivity contribution in [1.82, 2.24) is 14.7 Å². The second-order valence-electron chi connectivity index (χ2n) is 4.47. The van der Waals surface area contributed by atoms with Crippen LogP contribution >= 0.6 is 15.9 Å². The van der Waals surface area contributed by atoms with Crippen LogP contribution in [0.25, 0.3) is 16.9 Å². The largest absolute Gasteiger partial charge is 0.354 e. The normalized spacial score (nSPS) is 10.8. The lowest BCUT2D eigenvalue weighted by Crippen LogP contribution is -2.20. The quantitative estimate of drug-likeness (QED) is 0.773. The highest BCUT2D eigenvalue weighted by Gasteiger charge is 2.19. The van der Waals surface area contributed by atoms with Crippen molar-refractivity contribution in [2.45, 2.75) is 0 Å². The molecule has 0 fully saturated rings. The van der Waals surface area contributed by atoms with Crippen LogP contribution in [0.2, 0.25) is 0 Å². The summed E-state index contributed by atoms with van der Waals surface area (Å²) in [4.78, 5) is 16.7. The Hall–Kier alpha value is -2.21. The first-order chi connectivity index (χ1) is 10.1. The van der Waals surface area contributed by atoms with Gasteiger partial charge in [-0.2, -0.15) is 0 Å². The average molecular weight is 348 g/mol. The molecule has 1 aromatic carbocycles. The number of amides is 1. The fraction of sp³-hybridized carbons (Fsp3) is 0.0667. The van der Waals surface area contributed by atoms with E-state index in [-0.39, 0.29) is 11.7 Å². The van der Waals surface area contributed by atoms with Gasteiger partial charge in [-0.15, -0.1) is 0 Å². The first-order valence-electron chi connectivity index (χ1n) is 6.26. The third-order valence-electron chi connectivity index (χ3n) is 3.14. The van der Waals surface area contributed by atoms with Gasteiger partial charge in [0.25, 0.3) is 5.91 Å². The van der Waals surface area contributed by atoms with Crippen LogP contribution in [0.4, 0.5) is 4.39 Å². The van der Waals surface area contributed by atoms with Gasteiger partial charge in [0.2, 0.25) is 0 Å². The van der Waals surface area contributed by atoms with E-state index in [9.17, 15) is 9.18 Å². The van der Waals surface area contributed by atoms with E-state index in [0.717, 1.165) is 4.47 Å². The predicted molar refractivity (Wildman–Crippen MR) is 81.7 cm³/mol. The molecule has 0 radical (unpaired) electrons. The van der Waals surface area contributed by atoms with Crippen LogP contribution in [0.15, 0.2) is 47.1 Å². The van der Waals surface area contributed by atoms with Gasteiger partial charge in [0.1, 0.15) is 22.9 Å². The smallest absolute Gasteiger partial charge is 0.270 e. The molecule has 2 heterocycles. The predicted octanol–water partition coefficient (Wildman–Crippen LogP) is 3.26. The van der Waals surface area contributed by atoms with E-state index in [1.54, 1.807) is 29.8 Å². The van der Waals surface area contributed by atoms with Gasteiger partial charge in [-0.3, -0.25) is 9.20 Å². The number of aromatic nitrogens is 2. The summed E-state index contributed by atoms with van der Waals surface area (Å²) in [7, 11) is 1.56. The van der Waals surface area contributed by atoms with Crippen molar-refractivity contribution < 1.29 is 9.18 Å². The first-order valence-corrected chi connectivity index (χ1v) is 7.05. The van der Waals surface area contributed by atoms with Crippen molar-refractivity contribution in [2.24, 2.45) is 0 Å². The summed E-state index contributed by atoms with van der Waals surface area (Å²) in [5.74, 6) is -0.577. The van der Waals surface area contributed by atoms with Crippen LogP contribution in [0, 0.1) is 5.82 Å². The van der Waals surface area contributed by atoms with Crippen LogP contribution in [-0.2, 0) is 0 Å². The number of imidazole rings is 1. The van der Waals surface area contributed by atoms with Crippen molar-refractivity contribution in [2.75, 3.05) is 7.05 Å². The highest BCUT2D eigenvalue weighted by Crippen LogP contribution is 2.26. The molecule has 0 bridgehead atoms. The topological polar surface area (TPSA) is 46.4 Å². The van der Waals surface area contributed by atoms with E-state index in [0.29, 0.717) is 22.6 Å². The fourth-order valence-electron chi connectivity index (χ4n) is 2.16. The Morgan fingerprint density at radius 1 is 1.24 bits per heavy atom. The van der Waals surface area contributed by atoms with E-state index in [1.165, 1.54) is 12.1 Å². The highest BCUT2D eigenvalue weighted by molar-refractivity contribution is 9.10. The third-order valence-corrected chi connectivity index (χ3v) is 3.61. The molecule has 0 aliphatic rings.